The molecule has 0 amide bonds. The second-order valence-corrected chi connectivity index (χ2v) is 7.10. The molecule has 1 aliphatic carbocycles. The molecule has 0 aromatic heterocycles. The van der Waals surface area contributed by atoms with Crippen LogP contribution in [-0.4, -0.2) is 47.8 Å². The molecule has 0 aliphatic heterocycles. The maximum atomic E-state index is 11.4. The third-order valence-corrected chi connectivity index (χ3v) is 4.85. The van der Waals surface area contributed by atoms with Crippen molar-refractivity contribution in [3.8, 4) is 0 Å². The van der Waals surface area contributed by atoms with Gasteiger partial charge in [-0.25, -0.2) is 9.59 Å². The van der Waals surface area contributed by atoms with Gasteiger partial charge >= 0.3 is 11.9 Å². The van der Waals surface area contributed by atoms with Gasteiger partial charge in [0, 0.05) is 11.1 Å². The smallest absolute Gasteiger partial charge is 0.335 e. The van der Waals surface area contributed by atoms with Crippen LogP contribution in [0.25, 0.3) is 6.08 Å². The zero-order valence-electron chi connectivity index (χ0n) is 14.4. The summed E-state index contributed by atoms with van der Waals surface area (Å²) < 4.78 is 0.506. The molecule has 5 nitrogen and oxygen atoms in total. The molecule has 0 saturated carbocycles. The number of hydrogen-bond donors (Lipinski definition) is 2. The summed E-state index contributed by atoms with van der Waals surface area (Å²) in [6.07, 6.45) is 4.06. The Morgan fingerprint density at radius 1 is 0.880 bits per heavy atom. The molecule has 0 spiro atoms. The Kier molecular flexibility index (Phi) is 3.77. The zero-order valence-corrected chi connectivity index (χ0v) is 14.4. The number of carboxylic acid groups (broad SMARTS) is 2. The predicted octanol–water partition coefficient (Wildman–Crippen LogP) is 3.06. The summed E-state index contributed by atoms with van der Waals surface area (Å²) in [7, 11) is 6.12. The molecule has 2 aromatic rings. The fraction of sp³-hybridized carbons (Fsp3) is 0.200. The molecule has 1 unspecified atom stereocenters. The Bertz CT molecular complexity index is 891. The fourth-order valence-corrected chi connectivity index (χ4v) is 3.56. The topological polar surface area (TPSA) is 74.6 Å². The van der Waals surface area contributed by atoms with E-state index in [1.54, 1.807) is 36.4 Å². The summed E-state index contributed by atoms with van der Waals surface area (Å²) in [5.41, 5.74) is 2.67. The maximum Gasteiger partial charge on any atom is 0.335 e. The second kappa shape index (κ2) is 5.57. The Hall–Kier alpha value is -2.92. The lowest BCUT2D eigenvalue weighted by atomic mass is 9.81. The highest BCUT2D eigenvalue weighted by atomic mass is 16.4. The van der Waals surface area contributed by atoms with E-state index in [4.69, 9.17) is 5.11 Å². The molecule has 0 heterocycles. The highest BCUT2D eigenvalue weighted by Crippen LogP contribution is 2.46. The van der Waals surface area contributed by atoms with Gasteiger partial charge in [0.15, 0.2) is 5.54 Å². The van der Waals surface area contributed by atoms with Crippen molar-refractivity contribution in [2.24, 2.45) is 0 Å². The number of aromatic carboxylic acids is 2. The lowest BCUT2D eigenvalue weighted by Gasteiger charge is -2.44. The van der Waals surface area contributed by atoms with Gasteiger partial charge in [0.2, 0.25) is 0 Å². The van der Waals surface area contributed by atoms with Gasteiger partial charge in [-0.2, -0.15) is 0 Å². The van der Waals surface area contributed by atoms with Gasteiger partial charge in [-0.1, -0.05) is 24.3 Å². The summed E-state index contributed by atoms with van der Waals surface area (Å²) in [6, 6.07) is 11.9. The van der Waals surface area contributed by atoms with Crippen LogP contribution in [0.3, 0.4) is 0 Å². The summed E-state index contributed by atoms with van der Waals surface area (Å²) >= 11 is 0. The van der Waals surface area contributed by atoms with Crippen molar-refractivity contribution >= 4 is 18.0 Å². The molecule has 0 radical (unpaired) electrons. The number of benzene rings is 2. The molecule has 0 bridgehead atoms. The summed E-state index contributed by atoms with van der Waals surface area (Å²) in [5, 5.41) is 18.5. The summed E-state index contributed by atoms with van der Waals surface area (Å²) in [4.78, 5) is 22.6. The molecule has 3 rings (SSSR count). The first-order valence-corrected chi connectivity index (χ1v) is 7.89. The van der Waals surface area contributed by atoms with Crippen LogP contribution in [0.5, 0.6) is 0 Å². The van der Waals surface area contributed by atoms with E-state index in [0.29, 0.717) is 4.48 Å². The van der Waals surface area contributed by atoms with E-state index in [1.165, 1.54) is 0 Å². The van der Waals surface area contributed by atoms with Crippen LogP contribution in [0, 0.1) is 0 Å². The number of quaternary nitrogens is 1. The van der Waals surface area contributed by atoms with Crippen molar-refractivity contribution in [1.82, 2.24) is 0 Å². The van der Waals surface area contributed by atoms with Gasteiger partial charge in [-0.15, -0.1) is 0 Å². The first-order chi connectivity index (χ1) is 11.7. The van der Waals surface area contributed by atoms with E-state index in [1.807, 2.05) is 33.3 Å². The first kappa shape index (κ1) is 16.9. The number of carboxylic acids is 2. The third-order valence-electron chi connectivity index (χ3n) is 4.85. The Balaban J connectivity index is 2.25. The number of likely N-dealkylation sites (N-methyl/N-ethyl adjacent to an activating group) is 1. The molecule has 5 heteroatoms. The van der Waals surface area contributed by atoms with Gasteiger partial charge < -0.3 is 14.7 Å². The van der Waals surface area contributed by atoms with Crippen LogP contribution in [0.2, 0.25) is 0 Å². The average molecular weight is 338 g/mol. The average Bonchev–Trinajstić information content (AvgIpc) is 2.94. The zero-order chi connectivity index (χ0) is 18.4. The Morgan fingerprint density at radius 2 is 1.44 bits per heavy atom. The quantitative estimate of drug-likeness (QED) is 0.840. The van der Waals surface area contributed by atoms with E-state index in [9.17, 15) is 14.7 Å². The molecular formula is C20H20NO4+. The Morgan fingerprint density at radius 3 is 1.96 bits per heavy atom. The monoisotopic (exact) mass is 338 g/mol. The molecule has 2 N–H and O–H groups in total. The highest BCUT2D eigenvalue weighted by Gasteiger charge is 2.48. The van der Waals surface area contributed by atoms with Crippen LogP contribution in [0.1, 0.15) is 37.4 Å². The van der Waals surface area contributed by atoms with Crippen molar-refractivity contribution in [2.75, 3.05) is 21.1 Å². The summed E-state index contributed by atoms with van der Waals surface area (Å²) in [6.45, 7) is 0. The lowest BCUT2D eigenvalue weighted by molar-refractivity contribution is -0.916. The van der Waals surface area contributed by atoms with Crippen LogP contribution in [0.4, 0.5) is 0 Å². The van der Waals surface area contributed by atoms with E-state index in [-0.39, 0.29) is 11.1 Å². The molecule has 2 aromatic carbocycles. The predicted molar refractivity (Wildman–Crippen MR) is 94.6 cm³/mol. The minimum absolute atomic E-state index is 0.224. The van der Waals surface area contributed by atoms with E-state index >= 15 is 0 Å². The SMILES string of the molecule is C[N+](C)(C)C1(c2ccc(C(=O)O)cc2)C=Cc2ccc(C(=O)O)cc21. The largest absolute Gasteiger partial charge is 0.478 e. The van der Waals surface area contributed by atoms with Gasteiger partial charge in [-0.3, -0.25) is 0 Å². The highest BCUT2D eigenvalue weighted by molar-refractivity contribution is 5.89. The van der Waals surface area contributed by atoms with Crippen molar-refractivity contribution < 1.29 is 24.3 Å². The first-order valence-electron chi connectivity index (χ1n) is 7.89. The molecule has 0 fully saturated rings. The molecular weight excluding hydrogens is 318 g/mol. The minimum Gasteiger partial charge on any atom is -0.478 e. The lowest BCUT2D eigenvalue weighted by Crippen LogP contribution is -2.53. The number of hydrogen-bond acceptors (Lipinski definition) is 2. The number of carbonyl (C=O) groups is 2. The van der Waals surface area contributed by atoms with Gasteiger partial charge in [-0.05, 0) is 35.9 Å². The summed E-state index contributed by atoms with van der Waals surface area (Å²) in [5.74, 6) is -1.94. The maximum absolute atomic E-state index is 11.4. The molecule has 25 heavy (non-hydrogen) atoms. The molecule has 128 valence electrons. The fourth-order valence-electron chi connectivity index (χ4n) is 3.56. The molecule has 1 aliphatic rings. The van der Waals surface area contributed by atoms with Crippen molar-refractivity contribution in [3.63, 3.8) is 0 Å². The van der Waals surface area contributed by atoms with Crippen molar-refractivity contribution in [2.45, 2.75) is 5.54 Å². The van der Waals surface area contributed by atoms with Crippen LogP contribution >= 0.6 is 0 Å². The normalized spacial score (nSPS) is 18.8. The standard InChI is InChI=1S/C20H19NO4/c1-21(2,3)20(16-8-6-14(7-9-16)18(22)23)11-10-13-4-5-15(19(24)25)12-17(13)20/h4-12H,1-3H3,(H-,22,23,24,25)/p+1. The van der Waals surface area contributed by atoms with Crippen LogP contribution in [-0.2, 0) is 5.54 Å². The molecule has 1 atom stereocenters. The Labute approximate surface area is 146 Å². The number of rotatable bonds is 4. The third kappa shape index (κ3) is 2.53. The second-order valence-electron chi connectivity index (χ2n) is 7.10. The molecule has 0 saturated heterocycles. The van der Waals surface area contributed by atoms with Gasteiger partial charge in [0.1, 0.15) is 0 Å². The van der Waals surface area contributed by atoms with Crippen LogP contribution < -0.4 is 0 Å². The van der Waals surface area contributed by atoms with E-state index < -0.39 is 17.5 Å². The van der Waals surface area contributed by atoms with Crippen molar-refractivity contribution in [3.05, 3.63) is 76.4 Å². The van der Waals surface area contributed by atoms with Gasteiger partial charge in [0.05, 0.1) is 32.3 Å². The minimum atomic E-state index is -0.971. The van der Waals surface area contributed by atoms with E-state index in [2.05, 4.69) is 6.08 Å². The van der Waals surface area contributed by atoms with Gasteiger partial charge in [0.25, 0.3) is 0 Å². The van der Waals surface area contributed by atoms with Crippen molar-refractivity contribution in [1.29, 1.82) is 0 Å². The number of fused-ring (bicyclic) bond motifs is 1. The van der Waals surface area contributed by atoms with Crippen LogP contribution in [0.15, 0.2) is 48.5 Å². The van der Waals surface area contributed by atoms with E-state index in [0.717, 1.165) is 16.7 Å². The number of nitrogens with zero attached hydrogens (tertiary/aromatic N) is 1.